The van der Waals surface area contributed by atoms with Crippen LogP contribution in [0.5, 0.6) is 11.5 Å². The van der Waals surface area contributed by atoms with Crippen LogP contribution in [0.2, 0.25) is 5.02 Å². The number of hydrogen-bond acceptors (Lipinski definition) is 5. The highest BCUT2D eigenvalue weighted by atomic mass is 35.5. The van der Waals surface area contributed by atoms with Gasteiger partial charge in [0, 0.05) is 10.6 Å². The number of carbonyl (C=O) groups is 1. The standard InChI is InChI=1S/C18H20ClNO4/c1-22-17-7-6-12(9-16(20)18(21)23-2)8-13(17)11-24-15-5-3-4-14(19)10-15/h3-8,10,16H,9,11,20H2,1-2H3. The largest absolute Gasteiger partial charge is 0.496 e. The number of rotatable bonds is 7. The van der Waals surface area contributed by atoms with Gasteiger partial charge in [-0.15, -0.1) is 0 Å². The Kier molecular flexibility index (Phi) is 6.46. The molecular weight excluding hydrogens is 330 g/mol. The Morgan fingerprint density at radius 2 is 2.00 bits per heavy atom. The fraction of sp³-hybridized carbons (Fsp3) is 0.278. The molecule has 0 fully saturated rings. The van der Waals surface area contributed by atoms with E-state index < -0.39 is 12.0 Å². The zero-order valence-electron chi connectivity index (χ0n) is 13.6. The van der Waals surface area contributed by atoms with E-state index in [0.717, 1.165) is 11.1 Å². The van der Waals surface area contributed by atoms with Gasteiger partial charge >= 0.3 is 5.97 Å². The van der Waals surface area contributed by atoms with Gasteiger partial charge in [-0.25, -0.2) is 0 Å². The molecule has 0 bridgehead atoms. The van der Waals surface area contributed by atoms with Gasteiger partial charge in [0.15, 0.2) is 0 Å². The van der Waals surface area contributed by atoms with Crippen molar-refractivity contribution in [1.29, 1.82) is 0 Å². The molecule has 2 rings (SSSR count). The summed E-state index contributed by atoms with van der Waals surface area (Å²) in [5.41, 5.74) is 7.57. The number of halogens is 1. The lowest BCUT2D eigenvalue weighted by Gasteiger charge is -2.14. The topological polar surface area (TPSA) is 70.8 Å². The Morgan fingerprint density at radius 1 is 1.21 bits per heavy atom. The molecule has 5 nitrogen and oxygen atoms in total. The summed E-state index contributed by atoms with van der Waals surface area (Å²) in [7, 11) is 2.92. The van der Waals surface area contributed by atoms with Crippen molar-refractivity contribution in [1.82, 2.24) is 0 Å². The van der Waals surface area contributed by atoms with Gasteiger partial charge in [0.25, 0.3) is 0 Å². The molecule has 0 saturated heterocycles. The molecule has 2 aromatic carbocycles. The first kappa shape index (κ1) is 18.1. The first-order chi connectivity index (χ1) is 11.5. The highest BCUT2D eigenvalue weighted by Crippen LogP contribution is 2.24. The molecule has 0 spiro atoms. The second-order valence-corrected chi connectivity index (χ2v) is 5.66. The molecule has 0 heterocycles. The first-order valence-electron chi connectivity index (χ1n) is 7.41. The van der Waals surface area contributed by atoms with Crippen LogP contribution in [0.1, 0.15) is 11.1 Å². The normalized spacial score (nSPS) is 11.7. The molecule has 0 radical (unpaired) electrons. The van der Waals surface area contributed by atoms with Gasteiger partial charge in [0.05, 0.1) is 14.2 Å². The van der Waals surface area contributed by atoms with E-state index in [1.807, 2.05) is 30.3 Å². The van der Waals surface area contributed by atoms with Crippen LogP contribution >= 0.6 is 11.6 Å². The van der Waals surface area contributed by atoms with E-state index in [-0.39, 0.29) is 0 Å². The molecule has 0 aliphatic carbocycles. The highest BCUT2D eigenvalue weighted by molar-refractivity contribution is 6.30. The minimum atomic E-state index is -0.704. The van der Waals surface area contributed by atoms with Crippen LogP contribution in [-0.4, -0.2) is 26.2 Å². The lowest BCUT2D eigenvalue weighted by molar-refractivity contribution is -0.142. The predicted molar refractivity (Wildman–Crippen MR) is 92.5 cm³/mol. The van der Waals surface area contributed by atoms with Crippen molar-refractivity contribution in [3.8, 4) is 11.5 Å². The number of hydrogen-bond donors (Lipinski definition) is 1. The molecule has 0 aliphatic heterocycles. The molecule has 0 aromatic heterocycles. The third-order valence-electron chi connectivity index (χ3n) is 3.49. The van der Waals surface area contributed by atoms with Crippen LogP contribution in [0.25, 0.3) is 0 Å². The van der Waals surface area contributed by atoms with Gasteiger partial charge in [-0.2, -0.15) is 0 Å². The monoisotopic (exact) mass is 349 g/mol. The molecule has 128 valence electrons. The fourth-order valence-corrected chi connectivity index (χ4v) is 2.46. The maximum absolute atomic E-state index is 11.5. The molecule has 6 heteroatoms. The molecule has 0 saturated carbocycles. The Labute approximate surface area is 146 Å². The summed E-state index contributed by atoms with van der Waals surface area (Å²) in [5.74, 6) is 0.927. The second kappa shape index (κ2) is 8.57. The van der Waals surface area contributed by atoms with Gasteiger partial charge in [-0.1, -0.05) is 23.7 Å². The van der Waals surface area contributed by atoms with E-state index in [4.69, 9.17) is 26.8 Å². The summed E-state index contributed by atoms with van der Waals surface area (Å²) in [5, 5.41) is 0.609. The molecule has 2 aromatic rings. The van der Waals surface area contributed by atoms with E-state index in [1.54, 1.807) is 19.2 Å². The Morgan fingerprint density at radius 3 is 2.67 bits per heavy atom. The van der Waals surface area contributed by atoms with Crippen molar-refractivity contribution >= 4 is 17.6 Å². The average Bonchev–Trinajstić information content (AvgIpc) is 2.59. The quantitative estimate of drug-likeness (QED) is 0.778. The lowest BCUT2D eigenvalue weighted by Crippen LogP contribution is -2.33. The van der Waals surface area contributed by atoms with E-state index in [1.165, 1.54) is 7.11 Å². The number of esters is 1. The smallest absolute Gasteiger partial charge is 0.322 e. The summed E-state index contributed by atoms with van der Waals surface area (Å²) in [6.45, 7) is 0.310. The third-order valence-corrected chi connectivity index (χ3v) is 3.73. The van der Waals surface area contributed by atoms with Crippen molar-refractivity contribution < 1.29 is 19.0 Å². The van der Waals surface area contributed by atoms with Gasteiger partial charge < -0.3 is 19.9 Å². The molecule has 1 atom stereocenters. The summed E-state index contributed by atoms with van der Waals surface area (Å²) in [6, 6.07) is 12.1. The molecule has 0 aliphatic rings. The van der Waals surface area contributed by atoms with Gasteiger partial charge in [0.1, 0.15) is 24.1 Å². The summed E-state index contributed by atoms with van der Waals surface area (Å²) in [4.78, 5) is 11.5. The highest BCUT2D eigenvalue weighted by Gasteiger charge is 2.15. The molecule has 2 N–H and O–H groups in total. The minimum absolute atomic E-state index is 0.310. The third kappa shape index (κ3) is 4.88. The Balaban J connectivity index is 2.12. The molecule has 24 heavy (non-hydrogen) atoms. The van der Waals surface area contributed by atoms with E-state index in [2.05, 4.69) is 4.74 Å². The van der Waals surface area contributed by atoms with Crippen molar-refractivity contribution in [2.24, 2.45) is 5.73 Å². The van der Waals surface area contributed by atoms with Crippen LogP contribution in [-0.2, 0) is 22.6 Å². The van der Waals surface area contributed by atoms with E-state index >= 15 is 0 Å². The number of carbonyl (C=O) groups excluding carboxylic acids is 1. The van der Waals surface area contributed by atoms with Gasteiger partial charge in [-0.05, 0) is 42.3 Å². The Bertz CT molecular complexity index is 705. The van der Waals surface area contributed by atoms with E-state index in [9.17, 15) is 4.79 Å². The van der Waals surface area contributed by atoms with Crippen molar-refractivity contribution in [3.63, 3.8) is 0 Å². The maximum atomic E-state index is 11.5. The molecule has 1 unspecified atom stereocenters. The maximum Gasteiger partial charge on any atom is 0.322 e. The van der Waals surface area contributed by atoms with Crippen molar-refractivity contribution in [3.05, 3.63) is 58.6 Å². The van der Waals surface area contributed by atoms with Crippen LogP contribution < -0.4 is 15.2 Å². The van der Waals surface area contributed by atoms with Crippen LogP contribution in [0.15, 0.2) is 42.5 Å². The van der Waals surface area contributed by atoms with Crippen LogP contribution in [0.3, 0.4) is 0 Å². The summed E-state index contributed by atoms with van der Waals surface area (Å²) >= 11 is 5.95. The number of methoxy groups -OCH3 is 2. The number of nitrogens with two attached hydrogens (primary N) is 1. The fourth-order valence-electron chi connectivity index (χ4n) is 2.28. The molecule has 0 amide bonds. The van der Waals surface area contributed by atoms with Gasteiger partial charge in [-0.3, -0.25) is 4.79 Å². The summed E-state index contributed by atoms with van der Waals surface area (Å²) < 4.78 is 15.8. The van der Waals surface area contributed by atoms with Crippen molar-refractivity contribution in [2.75, 3.05) is 14.2 Å². The zero-order chi connectivity index (χ0) is 17.5. The minimum Gasteiger partial charge on any atom is -0.496 e. The average molecular weight is 350 g/mol. The van der Waals surface area contributed by atoms with Crippen LogP contribution in [0.4, 0.5) is 0 Å². The second-order valence-electron chi connectivity index (χ2n) is 5.23. The predicted octanol–water partition coefficient (Wildman–Crippen LogP) is 2.97. The number of ether oxygens (including phenoxy) is 3. The lowest BCUT2D eigenvalue weighted by atomic mass is 10.0. The van der Waals surface area contributed by atoms with Crippen molar-refractivity contribution in [2.45, 2.75) is 19.1 Å². The zero-order valence-corrected chi connectivity index (χ0v) is 14.4. The molecular formula is C18H20ClNO4. The number of benzene rings is 2. The Hall–Kier alpha value is -2.24. The van der Waals surface area contributed by atoms with E-state index in [0.29, 0.717) is 29.5 Å². The van der Waals surface area contributed by atoms with Gasteiger partial charge in [0.2, 0.25) is 0 Å². The van der Waals surface area contributed by atoms with Crippen LogP contribution in [0, 0.1) is 0 Å². The SMILES string of the molecule is COC(=O)C(N)Cc1ccc(OC)c(COc2cccc(Cl)c2)c1. The summed E-state index contributed by atoms with van der Waals surface area (Å²) in [6.07, 6.45) is 0.376. The first-order valence-corrected chi connectivity index (χ1v) is 7.79.